The predicted molar refractivity (Wildman–Crippen MR) is 101 cm³/mol. The Morgan fingerprint density at radius 2 is 2.08 bits per heavy atom. The molecule has 2 rings (SSSR count). The third kappa shape index (κ3) is 6.83. The second kappa shape index (κ2) is 10.7. The number of nitrogens with zero attached hydrogens (tertiary/aromatic N) is 1. The lowest BCUT2D eigenvalue weighted by Gasteiger charge is -2.26. The van der Waals surface area contributed by atoms with Gasteiger partial charge < -0.3 is 10.1 Å². The van der Waals surface area contributed by atoms with Gasteiger partial charge in [0, 0.05) is 26.2 Å². The summed E-state index contributed by atoms with van der Waals surface area (Å²) < 4.78 is 5.39. The van der Waals surface area contributed by atoms with E-state index >= 15 is 0 Å². The fraction of sp³-hybridized carbons (Fsp3) is 0.632. The van der Waals surface area contributed by atoms with E-state index in [0.29, 0.717) is 6.54 Å². The second-order valence-corrected chi connectivity index (χ2v) is 7.74. The van der Waals surface area contributed by atoms with E-state index in [-0.39, 0.29) is 11.2 Å². The van der Waals surface area contributed by atoms with Crippen LogP contribution < -0.4 is 5.32 Å². The third-order valence-electron chi connectivity index (χ3n) is 4.20. The number of carbonyl (C=O) groups is 1. The smallest absolute Gasteiger partial charge is 0.233 e. The van der Waals surface area contributed by atoms with E-state index in [0.717, 1.165) is 38.6 Å². The Morgan fingerprint density at radius 3 is 2.83 bits per heavy atom. The largest absolute Gasteiger partial charge is 0.379 e. The van der Waals surface area contributed by atoms with Crippen molar-refractivity contribution in [3.63, 3.8) is 0 Å². The molecule has 0 aliphatic carbocycles. The highest BCUT2D eigenvalue weighted by molar-refractivity contribution is 8.00. The molecule has 134 valence electrons. The van der Waals surface area contributed by atoms with Gasteiger partial charge in [-0.15, -0.1) is 11.8 Å². The highest BCUT2D eigenvalue weighted by Gasteiger charge is 2.13. The fourth-order valence-corrected chi connectivity index (χ4v) is 3.71. The lowest BCUT2D eigenvalue weighted by Crippen LogP contribution is -2.35. The molecular formula is C19H30N2O2S. The summed E-state index contributed by atoms with van der Waals surface area (Å²) in [5.74, 6) is 1.19. The Morgan fingerprint density at radius 1 is 1.33 bits per heavy atom. The van der Waals surface area contributed by atoms with E-state index in [2.05, 4.69) is 41.4 Å². The van der Waals surface area contributed by atoms with E-state index < -0.39 is 0 Å². The minimum absolute atomic E-state index is 0.0214. The fourth-order valence-electron chi connectivity index (χ4n) is 2.67. The summed E-state index contributed by atoms with van der Waals surface area (Å²) >= 11 is 1.74. The predicted octanol–water partition coefficient (Wildman–Crippen LogP) is 3.06. The molecule has 0 spiro atoms. The first kappa shape index (κ1) is 19.3. The van der Waals surface area contributed by atoms with Crippen molar-refractivity contribution in [2.45, 2.75) is 45.0 Å². The van der Waals surface area contributed by atoms with Crippen LogP contribution >= 0.6 is 11.8 Å². The summed E-state index contributed by atoms with van der Waals surface area (Å²) in [7, 11) is 0. The highest BCUT2D eigenvalue weighted by atomic mass is 32.2. The molecule has 1 saturated heterocycles. The van der Waals surface area contributed by atoms with E-state index in [9.17, 15) is 4.79 Å². The molecule has 0 bridgehead atoms. The van der Waals surface area contributed by atoms with Gasteiger partial charge in [0.15, 0.2) is 0 Å². The van der Waals surface area contributed by atoms with Crippen LogP contribution in [0, 0.1) is 0 Å². The molecule has 1 fully saturated rings. The van der Waals surface area contributed by atoms with Crippen LogP contribution in [0.25, 0.3) is 0 Å². The maximum Gasteiger partial charge on any atom is 0.233 e. The molecule has 1 unspecified atom stereocenters. The van der Waals surface area contributed by atoms with E-state index in [1.54, 1.807) is 11.8 Å². The Hall–Kier alpha value is -1.04. The van der Waals surface area contributed by atoms with E-state index in [1.807, 2.05) is 6.92 Å². The Bertz CT molecular complexity index is 504. The highest BCUT2D eigenvalue weighted by Crippen LogP contribution is 2.14. The molecule has 4 nitrogen and oxygen atoms in total. The van der Waals surface area contributed by atoms with Crippen LogP contribution in [0.3, 0.4) is 0 Å². The van der Waals surface area contributed by atoms with Gasteiger partial charge >= 0.3 is 0 Å². The van der Waals surface area contributed by atoms with Crippen LogP contribution in [0.1, 0.15) is 37.8 Å². The zero-order chi connectivity index (χ0) is 17.2. The van der Waals surface area contributed by atoms with Gasteiger partial charge in [-0.3, -0.25) is 9.69 Å². The number of rotatable bonds is 9. The molecular weight excluding hydrogens is 320 g/mol. The van der Waals surface area contributed by atoms with Crippen molar-refractivity contribution in [1.29, 1.82) is 0 Å². The number of unbranched alkanes of at least 4 members (excludes halogenated alkanes) is 1. The summed E-state index contributed by atoms with van der Waals surface area (Å²) in [6.45, 7) is 9.36. The summed E-state index contributed by atoms with van der Waals surface area (Å²) in [5, 5.41) is 3.08. The third-order valence-corrected chi connectivity index (χ3v) is 5.44. The number of morpholine rings is 1. The molecule has 1 heterocycles. The standard InChI is InChI=1S/C19H30N2O2S/c1-3-4-12-24-16(2)19(22)20-14-17-6-5-7-18(13-17)15-21-8-10-23-11-9-21/h5-7,13,16H,3-4,8-12,14-15H2,1-2H3,(H,20,22). The molecule has 1 aliphatic rings. The second-order valence-electron chi connectivity index (χ2n) is 6.29. The van der Waals surface area contributed by atoms with Crippen LogP contribution in [-0.4, -0.2) is 48.1 Å². The average molecular weight is 351 g/mol. The first-order chi connectivity index (χ1) is 11.7. The Labute approximate surface area is 150 Å². The summed E-state index contributed by atoms with van der Waals surface area (Å²) in [4.78, 5) is 14.6. The lowest BCUT2D eigenvalue weighted by atomic mass is 10.1. The molecule has 0 saturated carbocycles. The number of amides is 1. The number of carbonyl (C=O) groups excluding carboxylic acids is 1. The van der Waals surface area contributed by atoms with Crippen molar-refractivity contribution in [3.05, 3.63) is 35.4 Å². The SMILES string of the molecule is CCCCSC(C)C(=O)NCc1cccc(CN2CCOCC2)c1. The maximum atomic E-state index is 12.2. The van der Waals surface area contributed by atoms with Crippen molar-refractivity contribution in [2.75, 3.05) is 32.1 Å². The Kier molecular flexibility index (Phi) is 8.64. The van der Waals surface area contributed by atoms with Crippen LogP contribution in [0.2, 0.25) is 0 Å². The van der Waals surface area contributed by atoms with Gasteiger partial charge in [-0.1, -0.05) is 37.6 Å². The van der Waals surface area contributed by atoms with Gasteiger partial charge in [-0.25, -0.2) is 0 Å². The van der Waals surface area contributed by atoms with Gasteiger partial charge in [0.05, 0.1) is 18.5 Å². The molecule has 1 N–H and O–H groups in total. The quantitative estimate of drug-likeness (QED) is 0.695. The van der Waals surface area contributed by atoms with Gasteiger partial charge in [0.25, 0.3) is 0 Å². The minimum Gasteiger partial charge on any atom is -0.379 e. The molecule has 0 aromatic heterocycles. The van der Waals surface area contributed by atoms with Crippen molar-refractivity contribution in [1.82, 2.24) is 10.2 Å². The van der Waals surface area contributed by atoms with Crippen molar-refractivity contribution in [3.8, 4) is 0 Å². The maximum absolute atomic E-state index is 12.2. The van der Waals surface area contributed by atoms with Crippen molar-refractivity contribution in [2.24, 2.45) is 0 Å². The zero-order valence-corrected chi connectivity index (χ0v) is 15.7. The summed E-state index contributed by atoms with van der Waals surface area (Å²) in [6.07, 6.45) is 2.35. The molecule has 24 heavy (non-hydrogen) atoms. The lowest BCUT2D eigenvalue weighted by molar-refractivity contribution is -0.120. The topological polar surface area (TPSA) is 41.6 Å². The zero-order valence-electron chi connectivity index (χ0n) is 14.9. The number of hydrogen-bond acceptors (Lipinski definition) is 4. The van der Waals surface area contributed by atoms with Crippen molar-refractivity contribution < 1.29 is 9.53 Å². The molecule has 5 heteroatoms. The van der Waals surface area contributed by atoms with Gasteiger partial charge in [0.1, 0.15) is 0 Å². The molecule has 1 aliphatic heterocycles. The van der Waals surface area contributed by atoms with Gasteiger partial charge in [-0.05, 0) is 30.2 Å². The van der Waals surface area contributed by atoms with Gasteiger partial charge in [0.2, 0.25) is 5.91 Å². The van der Waals surface area contributed by atoms with E-state index in [1.165, 1.54) is 24.0 Å². The number of ether oxygens (including phenoxy) is 1. The molecule has 1 aromatic rings. The van der Waals surface area contributed by atoms with Crippen LogP contribution in [0.5, 0.6) is 0 Å². The molecule has 1 atom stereocenters. The normalized spacial score (nSPS) is 16.8. The first-order valence-corrected chi connectivity index (χ1v) is 10.0. The summed E-state index contributed by atoms with van der Waals surface area (Å²) in [6, 6.07) is 8.52. The number of nitrogens with one attached hydrogen (secondary N) is 1. The molecule has 1 aromatic carbocycles. The van der Waals surface area contributed by atoms with Crippen LogP contribution in [-0.2, 0) is 22.6 Å². The number of thioether (sulfide) groups is 1. The summed E-state index contributed by atoms with van der Waals surface area (Å²) in [5.41, 5.74) is 2.47. The molecule has 1 amide bonds. The van der Waals surface area contributed by atoms with Crippen LogP contribution in [0.15, 0.2) is 24.3 Å². The number of hydrogen-bond donors (Lipinski definition) is 1. The van der Waals surface area contributed by atoms with Crippen molar-refractivity contribution >= 4 is 17.7 Å². The molecule has 0 radical (unpaired) electrons. The monoisotopic (exact) mass is 350 g/mol. The first-order valence-electron chi connectivity index (χ1n) is 8.96. The average Bonchev–Trinajstić information content (AvgIpc) is 2.61. The Balaban J connectivity index is 1.77. The minimum atomic E-state index is 0.0214. The van der Waals surface area contributed by atoms with Gasteiger partial charge in [-0.2, -0.15) is 0 Å². The van der Waals surface area contributed by atoms with E-state index in [4.69, 9.17) is 4.74 Å². The van der Waals surface area contributed by atoms with Crippen LogP contribution in [0.4, 0.5) is 0 Å². The number of benzene rings is 1.